The third-order valence-electron chi connectivity index (χ3n) is 4.01. The zero-order valence-corrected chi connectivity index (χ0v) is 11.9. The van der Waals surface area contributed by atoms with E-state index in [1.165, 1.54) is 0 Å². The number of benzene rings is 2. The first-order valence-corrected chi connectivity index (χ1v) is 7.30. The number of aromatic nitrogens is 2. The van der Waals surface area contributed by atoms with Crippen LogP contribution in [0.2, 0.25) is 0 Å². The Hall–Kier alpha value is -2.88. The summed E-state index contributed by atoms with van der Waals surface area (Å²) in [5.74, 6) is 0.810. The first kappa shape index (κ1) is 12.8. The molecule has 4 nitrogen and oxygen atoms in total. The van der Waals surface area contributed by atoms with Crippen molar-refractivity contribution in [2.75, 3.05) is 5.32 Å². The first-order chi connectivity index (χ1) is 10.8. The van der Waals surface area contributed by atoms with Gasteiger partial charge in [0.15, 0.2) is 0 Å². The number of amides is 1. The van der Waals surface area contributed by atoms with Crippen molar-refractivity contribution >= 4 is 11.7 Å². The maximum absolute atomic E-state index is 12.1. The third kappa shape index (κ3) is 2.09. The molecular formula is C18H15N3O. The highest BCUT2D eigenvalue weighted by Gasteiger charge is 2.30. The van der Waals surface area contributed by atoms with E-state index in [0.29, 0.717) is 6.42 Å². The molecule has 1 N–H and O–H groups in total. The summed E-state index contributed by atoms with van der Waals surface area (Å²) in [6.07, 6.45) is 2.21. The largest absolute Gasteiger partial charge is 0.310 e. The molecule has 1 aromatic heterocycles. The van der Waals surface area contributed by atoms with Crippen LogP contribution in [0.3, 0.4) is 0 Å². The minimum absolute atomic E-state index is 0.00918. The molecular weight excluding hydrogens is 274 g/mol. The minimum atomic E-state index is 0.00918. The van der Waals surface area contributed by atoms with Crippen LogP contribution >= 0.6 is 0 Å². The summed E-state index contributed by atoms with van der Waals surface area (Å²) in [6, 6.07) is 20.0. The molecule has 4 heteroatoms. The molecule has 108 valence electrons. The number of carbonyl (C=O) groups is 1. The normalized spacial score (nSPS) is 16.9. The summed E-state index contributed by atoms with van der Waals surface area (Å²) in [5, 5.41) is 2.97. The molecule has 3 aromatic rings. The van der Waals surface area contributed by atoms with Crippen molar-refractivity contribution in [2.24, 2.45) is 0 Å². The monoisotopic (exact) mass is 289 g/mol. The van der Waals surface area contributed by atoms with E-state index < -0.39 is 0 Å². The van der Waals surface area contributed by atoms with Crippen molar-refractivity contribution in [3.05, 3.63) is 78.2 Å². The van der Waals surface area contributed by atoms with Gasteiger partial charge in [0.05, 0.1) is 5.69 Å². The maximum Gasteiger partial charge on any atom is 0.226 e. The van der Waals surface area contributed by atoms with E-state index >= 15 is 0 Å². The number of hydrogen-bond acceptors (Lipinski definition) is 2. The van der Waals surface area contributed by atoms with Crippen molar-refractivity contribution in [2.45, 2.75) is 12.3 Å². The standard InChI is InChI=1S/C18H15N3O/c22-16-11-15(13-7-3-1-4-8-13)17-18(20-16)21(12-19-17)14-9-5-2-6-10-14/h1-10,12,15H,11H2,(H,20,22)/t15-/m1/s1. The third-order valence-corrected chi connectivity index (χ3v) is 4.01. The fourth-order valence-corrected chi connectivity index (χ4v) is 2.95. The number of hydrogen-bond donors (Lipinski definition) is 1. The number of carbonyl (C=O) groups excluding carboxylic acids is 1. The Morgan fingerprint density at radius 3 is 2.41 bits per heavy atom. The Bertz CT molecular complexity index is 809. The van der Waals surface area contributed by atoms with Crippen molar-refractivity contribution in [3.63, 3.8) is 0 Å². The van der Waals surface area contributed by atoms with Crippen molar-refractivity contribution in [3.8, 4) is 5.69 Å². The van der Waals surface area contributed by atoms with Gasteiger partial charge in [-0.1, -0.05) is 48.5 Å². The predicted molar refractivity (Wildman–Crippen MR) is 85.1 cm³/mol. The molecule has 0 unspecified atom stereocenters. The Kier molecular flexibility index (Phi) is 3.00. The lowest BCUT2D eigenvalue weighted by Gasteiger charge is -2.23. The highest BCUT2D eigenvalue weighted by molar-refractivity contribution is 5.94. The lowest BCUT2D eigenvalue weighted by atomic mass is 9.90. The van der Waals surface area contributed by atoms with E-state index in [1.807, 2.05) is 53.1 Å². The van der Waals surface area contributed by atoms with Gasteiger partial charge < -0.3 is 5.32 Å². The minimum Gasteiger partial charge on any atom is -0.310 e. The summed E-state index contributed by atoms with van der Waals surface area (Å²) in [6.45, 7) is 0. The Labute approximate surface area is 128 Å². The van der Waals surface area contributed by atoms with Crippen LogP contribution in [0, 0.1) is 0 Å². The summed E-state index contributed by atoms with van der Waals surface area (Å²) in [7, 11) is 0. The maximum atomic E-state index is 12.1. The molecule has 1 amide bonds. The van der Waals surface area contributed by atoms with Gasteiger partial charge in [0.1, 0.15) is 12.1 Å². The van der Waals surface area contributed by atoms with Gasteiger partial charge in [0.2, 0.25) is 5.91 Å². The fourth-order valence-electron chi connectivity index (χ4n) is 2.95. The van der Waals surface area contributed by atoms with Crippen LogP contribution in [0.4, 0.5) is 5.82 Å². The van der Waals surface area contributed by atoms with Crippen LogP contribution in [0.5, 0.6) is 0 Å². The summed E-state index contributed by atoms with van der Waals surface area (Å²) < 4.78 is 1.93. The van der Waals surface area contributed by atoms with E-state index in [-0.39, 0.29) is 11.8 Å². The van der Waals surface area contributed by atoms with Gasteiger partial charge in [-0.2, -0.15) is 0 Å². The Morgan fingerprint density at radius 1 is 1.00 bits per heavy atom. The van der Waals surface area contributed by atoms with Gasteiger partial charge in [0, 0.05) is 18.0 Å². The molecule has 0 bridgehead atoms. The molecule has 0 saturated heterocycles. The van der Waals surface area contributed by atoms with Gasteiger partial charge in [0.25, 0.3) is 0 Å². The number of anilines is 1. The fraction of sp³-hybridized carbons (Fsp3) is 0.111. The molecule has 1 aliphatic heterocycles. The molecule has 22 heavy (non-hydrogen) atoms. The predicted octanol–water partition coefficient (Wildman–Crippen LogP) is 3.35. The van der Waals surface area contributed by atoms with Gasteiger partial charge in [-0.3, -0.25) is 9.36 Å². The molecule has 0 radical (unpaired) electrons. The number of nitrogens with zero attached hydrogens (tertiary/aromatic N) is 2. The number of para-hydroxylation sites is 1. The second kappa shape index (κ2) is 5.15. The molecule has 2 aromatic carbocycles. The molecule has 1 atom stereocenters. The number of fused-ring (bicyclic) bond motifs is 1. The van der Waals surface area contributed by atoms with Gasteiger partial charge in [-0.05, 0) is 17.7 Å². The molecule has 0 aliphatic carbocycles. The summed E-state index contributed by atoms with van der Waals surface area (Å²) >= 11 is 0. The highest BCUT2D eigenvalue weighted by atomic mass is 16.1. The van der Waals surface area contributed by atoms with E-state index in [0.717, 1.165) is 22.8 Å². The van der Waals surface area contributed by atoms with E-state index in [2.05, 4.69) is 22.4 Å². The molecule has 0 saturated carbocycles. The number of nitrogens with one attached hydrogen (secondary N) is 1. The topological polar surface area (TPSA) is 46.9 Å². The van der Waals surface area contributed by atoms with Gasteiger partial charge in [-0.25, -0.2) is 4.98 Å². The van der Waals surface area contributed by atoms with Crippen molar-refractivity contribution in [1.29, 1.82) is 0 Å². The average Bonchev–Trinajstić information content (AvgIpc) is 2.99. The van der Waals surface area contributed by atoms with Crippen LogP contribution in [0.15, 0.2) is 67.0 Å². The van der Waals surface area contributed by atoms with Crippen LogP contribution in [-0.2, 0) is 4.79 Å². The van der Waals surface area contributed by atoms with E-state index in [1.54, 1.807) is 6.33 Å². The van der Waals surface area contributed by atoms with Gasteiger partial charge in [-0.15, -0.1) is 0 Å². The Morgan fingerprint density at radius 2 is 1.68 bits per heavy atom. The second-order valence-electron chi connectivity index (χ2n) is 5.40. The van der Waals surface area contributed by atoms with Crippen molar-refractivity contribution < 1.29 is 4.79 Å². The average molecular weight is 289 g/mol. The van der Waals surface area contributed by atoms with Crippen LogP contribution in [0.25, 0.3) is 5.69 Å². The van der Waals surface area contributed by atoms with Crippen molar-refractivity contribution in [1.82, 2.24) is 9.55 Å². The molecule has 4 rings (SSSR count). The van der Waals surface area contributed by atoms with E-state index in [9.17, 15) is 4.79 Å². The lowest BCUT2D eigenvalue weighted by molar-refractivity contribution is -0.116. The van der Waals surface area contributed by atoms with E-state index in [4.69, 9.17) is 0 Å². The molecule has 0 fully saturated rings. The molecule has 2 heterocycles. The zero-order valence-electron chi connectivity index (χ0n) is 11.9. The Balaban J connectivity index is 1.83. The van der Waals surface area contributed by atoms with Crippen LogP contribution < -0.4 is 5.32 Å². The smallest absolute Gasteiger partial charge is 0.226 e. The quantitative estimate of drug-likeness (QED) is 0.786. The van der Waals surface area contributed by atoms with Crippen LogP contribution in [0.1, 0.15) is 23.6 Å². The summed E-state index contributed by atoms with van der Waals surface area (Å²) in [4.78, 5) is 16.7. The van der Waals surface area contributed by atoms with Gasteiger partial charge >= 0.3 is 0 Å². The zero-order chi connectivity index (χ0) is 14.9. The van der Waals surface area contributed by atoms with Crippen LogP contribution in [-0.4, -0.2) is 15.5 Å². The number of rotatable bonds is 2. The number of imidazole rings is 1. The summed E-state index contributed by atoms with van der Waals surface area (Å²) in [5.41, 5.74) is 3.04. The second-order valence-corrected chi connectivity index (χ2v) is 5.40. The lowest BCUT2D eigenvalue weighted by Crippen LogP contribution is -2.24. The SMILES string of the molecule is O=C1C[C@H](c2ccccc2)c2ncn(-c3ccccc3)c2N1. The first-order valence-electron chi connectivity index (χ1n) is 7.30. The highest BCUT2D eigenvalue weighted by Crippen LogP contribution is 2.36. The molecule has 1 aliphatic rings. The molecule has 0 spiro atoms.